The molecule has 0 saturated carbocycles. The van der Waals surface area contributed by atoms with Crippen molar-refractivity contribution in [3.8, 4) is 5.75 Å². The van der Waals surface area contributed by atoms with Crippen LogP contribution in [0.4, 0.5) is 0 Å². The van der Waals surface area contributed by atoms with Crippen molar-refractivity contribution in [3.63, 3.8) is 0 Å². The highest BCUT2D eigenvalue weighted by atomic mass is 32.2. The van der Waals surface area contributed by atoms with Gasteiger partial charge in [0.05, 0.1) is 0 Å². The van der Waals surface area contributed by atoms with E-state index in [0.29, 0.717) is 16.9 Å². The summed E-state index contributed by atoms with van der Waals surface area (Å²) in [4.78, 5) is 11.3. The average Bonchev–Trinajstić information content (AvgIpc) is 2.64. The lowest BCUT2D eigenvalue weighted by Crippen LogP contribution is -2.23. The molecule has 0 radical (unpaired) electrons. The highest BCUT2D eigenvalue weighted by molar-refractivity contribution is 7.87. The van der Waals surface area contributed by atoms with Crippen molar-refractivity contribution in [3.05, 3.63) is 70.6 Å². The molecule has 166 valence electrons. The van der Waals surface area contributed by atoms with E-state index in [-0.39, 0.29) is 21.5 Å². The summed E-state index contributed by atoms with van der Waals surface area (Å²) in [5.41, 5.74) is 1.24. The molecule has 0 aliphatic rings. The van der Waals surface area contributed by atoms with Crippen LogP contribution in [0.2, 0.25) is 0 Å². The third-order valence-corrected chi connectivity index (χ3v) is 6.47. The van der Waals surface area contributed by atoms with Gasteiger partial charge in [-0.05, 0) is 65.1 Å². The molecule has 0 fully saturated rings. The maximum Gasteiger partial charge on any atom is 0.339 e. The molecular formula is C25H30O5S. The van der Waals surface area contributed by atoms with Crippen LogP contribution in [0.3, 0.4) is 0 Å². The smallest absolute Gasteiger partial charge is 0.339 e. The first-order valence-corrected chi connectivity index (χ1v) is 11.7. The van der Waals surface area contributed by atoms with Crippen molar-refractivity contribution in [1.82, 2.24) is 0 Å². The first-order valence-electron chi connectivity index (χ1n) is 10.3. The normalized spacial score (nSPS) is 13.9. The molecule has 1 unspecified atom stereocenters. The minimum atomic E-state index is -4.03. The number of benzene rings is 2. The van der Waals surface area contributed by atoms with E-state index in [1.807, 2.05) is 12.1 Å². The van der Waals surface area contributed by atoms with Gasteiger partial charge in [-0.1, -0.05) is 53.7 Å². The van der Waals surface area contributed by atoms with E-state index < -0.39 is 15.7 Å². The summed E-state index contributed by atoms with van der Waals surface area (Å²) in [6.07, 6.45) is 1.02. The molecule has 0 saturated heterocycles. The third-order valence-electron chi connectivity index (χ3n) is 5.23. The first kappa shape index (κ1) is 23.1. The van der Waals surface area contributed by atoms with Gasteiger partial charge in [-0.3, -0.25) is 0 Å². The molecule has 0 amide bonds. The number of hydrogen-bond acceptors (Lipinski definition) is 5. The predicted octanol–water partition coefficient (Wildman–Crippen LogP) is 6.13. The monoisotopic (exact) mass is 442 g/mol. The Hall–Kier alpha value is -2.60. The van der Waals surface area contributed by atoms with Gasteiger partial charge in [0.15, 0.2) is 0 Å². The van der Waals surface area contributed by atoms with E-state index in [0.717, 1.165) is 12.0 Å². The summed E-state index contributed by atoms with van der Waals surface area (Å²) in [6, 6.07) is 14.3. The van der Waals surface area contributed by atoms with E-state index in [9.17, 15) is 13.2 Å². The van der Waals surface area contributed by atoms with Crippen molar-refractivity contribution >= 4 is 21.1 Å². The van der Waals surface area contributed by atoms with Crippen LogP contribution in [0.25, 0.3) is 11.0 Å². The zero-order valence-electron chi connectivity index (χ0n) is 18.9. The van der Waals surface area contributed by atoms with Crippen molar-refractivity contribution < 1.29 is 17.0 Å². The van der Waals surface area contributed by atoms with Gasteiger partial charge in [-0.2, -0.15) is 8.42 Å². The summed E-state index contributed by atoms with van der Waals surface area (Å²) in [5, 5.41) is 0.509. The minimum Gasteiger partial charge on any atom is -0.423 e. The van der Waals surface area contributed by atoms with Gasteiger partial charge in [-0.25, -0.2) is 4.79 Å². The molecule has 0 aliphatic heterocycles. The Morgan fingerprint density at radius 2 is 1.55 bits per heavy atom. The number of hydrogen-bond donors (Lipinski definition) is 0. The van der Waals surface area contributed by atoms with Crippen LogP contribution < -0.4 is 9.81 Å². The third kappa shape index (κ3) is 5.76. The molecule has 0 spiro atoms. The number of rotatable bonds is 5. The van der Waals surface area contributed by atoms with Gasteiger partial charge in [0.2, 0.25) is 0 Å². The molecule has 0 N–H and O–H groups in total. The second kappa shape index (κ2) is 8.15. The van der Waals surface area contributed by atoms with Crippen LogP contribution in [0.5, 0.6) is 5.75 Å². The first-order chi connectivity index (χ1) is 14.2. The molecule has 1 atom stereocenters. The Balaban J connectivity index is 1.85. The quantitative estimate of drug-likeness (QED) is 0.351. The van der Waals surface area contributed by atoms with Crippen molar-refractivity contribution in [2.24, 2.45) is 10.8 Å². The molecule has 1 aromatic heterocycles. The topological polar surface area (TPSA) is 73.6 Å². The standard InChI is InChI=1S/C25H30O5S/c1-24(2,3)16-21(25(4,5)6)17-7-10-19(11-8-17)30-31(27,28)20-12-13-22-18(15-20)9-14-23(26)29-22/h7-15,21H,16H2,1-6H3. The van der Waals surface area contributed by atoms with E-state index in [1.165, 1.54) is 30.3 Å². The Kier molecular flexibility index (Phi) is 6.07. The molecule has 0 aliphatic carbocycles. The van der Waals surface area contributed by atoms with E-state index in [1.54, 1.807) is 12.1 Å². The van der Waals surface area contributed by atoms with Crippen molar-refractivity contribution in [2.75, 3.05) is 0 Å². The summed E-state index contributed by atoms with van der Waals surface area (Å²) < 4.78 is 35.9. The van der Waals surface area contributed by atoms with Gasteiger partial charge in [0, 0.05) is 11.5 Å². The summed E-state index contributed by atoms with van der Waals surface area (Å²) in [5.74, 6) is 0.583. The lowest BCUT2D eigenvalue weighted by molar-refractivity contribution is 0.229. The summed E-state index contributed by atoms with van der Waals surface area (Å²) in [6.45, 7) is 13.3. The maximum absolute atomic E-state index is 12.8. The SMILES string of the molecule is CC(C)(C)CC(c1ccc(OS(=O)(=O)c2ccc3oc(=O)ccc3c2)cc1)C(C)(C)C. The Morgan fingerprint density at radius 3 is 2.13 bits per heavy atom. The second-order valence-corrected chi connectivity index (χ2v) is 11.8. The Labute approximate surface area is 184 Å². The molecule has 0 bridgehead atoms. The Morgan fingerprint density at radius 1 is 0.903 bits per heavy atom. The lowest BCUT2D eigenvalue weighted by atomic mass is 9.69. The van der Waals surface area contributed by atoms with Gasteiger partial charge in [0.25, 0.3) is 0 Å². The molecule has 3 rings (SSSR count). The van der Waals surface area contributed by atoms with Gasteiger partial charge in [-0.15, -0.1) is 0 Å². The van der Waals surface area contributed by atoms with Gasteiger partial charge in [0.1, 0.15) is 16.2 Å². The fraction of sp³-hybridized carbons (Fsp3) is 0.400. The highest BCUT2D eigenvalue weighted by Gasteiger charge is 2.30. The van der Waals surface area contributed by atoms with E-state index in [4.69, 9.17) is 8.60 Å². The maximum atomic E-state index is 12.8. The van der Waals surface area contributed by atoms with Crippen molar-refractivity contribution in [2.45, 2.75) is 58.8 Å². The molecule has 2 aromatic carbocycles. The van der Waals surface area contributed by atoms with Gasteiger partial charge >= 0.3 is 15.7 Å². The minimum absolute atomic E-state index is 0.00164. The molecule has 1 heterocycles. The van der Waals surface area contributed by atoms with Crippen LogP contribution in [0, 0.1) is 10.8 Å². The van der Waals surface area contributed by atoms with E-state index >= 15 is 0 Å². The average molecular weight is 443 g/mol. The predicted molar refractivity (Wildman–Crippen MR) is 123 cm³/mol. The van der Waals surface area contributed by atoms with Crippen molar-refractivity contribution in [1.29, 1.82) is 0 Å². The van der Waals surface area contributed by atoms with Crippen LogP contribution >= 0.6 is 0 Å². The fourth-order valence-corrected chi connectivity index (χ4v) is 4.64. The zero-order chi connectivity index (χ0) is 23.0. The Bertz CT molecular complexity index is 1220. The lowest BCUT2D eigenvalue weighted by Gasteiger charge is -2.36. The number of fused-ring (bicyclic) bond motifs is 1. The van der Waals surface area contributed by atoms with Crippen LogP contribution in [0.1, 0.15) is 59.4 Å². The molecular weight excluding hydrogens is 412 g/mol. The van der Waals surface area contributed by atoms with Gasteiger partial charge < -0.3 is 8.60 Å². The largest absolute Gasteiger partial charge is 0.423 e. The fourth-order valence-electron chi connectivity index (χ4n) is 3.67. The molecule has 3 aromatic rings. The van der Waals surface area contributed by atoms with E-state index in [2.05, 4.69) is 41.5 Å². The molecule has 31 heavy (non-hydrogen) atoms. The van der Waals surface area contributed by atoms with Crippen LogP contribution in [-0.4, -0.2) is 8.42 Å². The van der Waals surface area contributed by atoms with Crippen LogP contribution in [0.15, 0.2) is 68.7 Å². The zero-order valence-corrected chi connectivity index (χ0v) is 19.7. The van der Waals surface area contributed by atoms with Crippen LogP contribution in [-0.2, 0) is 10.1 Å². The summed E-state index contributed by atoms with van der Waals surface area (Å²) >= 11 is 0. The molecule has 5 nitrogen and oxygen atoms in total. The summed E-state index contributed by atoms with van der Waals surface area (Å²) in [7, 11) is -4.03. The molecule has 6 heteroatoms. The second-order valence-electron chi connectivity index (χ2n) is 10.2. The highest BCUT2D eigenvalue weighted by Crippen LogP contribution is 2.43.